The summed E-state index contributed by atoms with van der Waals surface area (Å²) < 4.78 is 26.9. The summed E-state index contributed by atoms with van der Waals surface area (Å²) in [4.78, 5) is 12.6. The van der Waals surface area contributed by atoms with Gasteiger partial charge in [0.2, 0.25) is 15.9 Å². The van der Waals surface area contributed by atoms with Gasteiger partial charge in [0.15, 0.2) is 0 Å². The van der Waals surface area contributed by atoms with Crippen molar-refractivity contribution in [3.05, 3.63) is 29.8 Å². The second kappa shape index (κ2) is 8.50. The zero-order valence-electron chi connectivity index (χ0n) is 15.4. The van der Waals surface area contributed by atoms with Gasteiger partial charge >= 0.3 is 0 Å². The van der Waals surface area contributed by atoms with Gasteiger partial charge in [-0.3, -0.25) is 4.79 Å². The molecule has 6 nitrogen and oxygen atoms in total. The minimum absolute atomic E-state index is 0.00395. The lowest BCUT2D eigenvalue weighted by Gasteiger charge is -2.28. The van der Waals surface area contributed by atoms with Gasteiger partial charge in [0.25, 0.3) is 0 Å². The lowest BCUT2D eigenvalue weighted by atomic mass is 10.0. The average Bonchev–Trinajstić information content (AvgIpc) is 2.63. The summed E-state index contributed by atoms with van der Waals surface area (Å²) in [6.45, 7) is 4.25. The molecule has 0 radical (unpaired) electrons. The van der Waals surface area contributed by atoms with E-state index in [9.17, 15) is 13.2 Å². The van der Waals surface area contributed by atoms with Crippen LogP contribution in [0.3, 0.4) is 0 Å². The van der Waals surface area contributed by atoms with E-state index in [0.717, 1.165) is 44.2 Å². The molecule has 0 aliphatic carbocycles. The summed E-state index contributed by atoms with van der Waals surface area (Å²) in [5, 5.41) is 6.46. The summed E-state index contributed by atoms with van der Waals surface area (Å²) in [5.74, 6) is -0.00395. The van der Waals surface area contributed by atoms with Crippen molar-refractivity contribution in [3.63, 3.8) is 0 Å². The normalized spacial score (nSPS) is 25.0. The second-order valence-corrected chi connectivity index (χ2v) is 9.37. The Bertz CT molecular complexity index is 712. The maximum atomic E-state index is 12.7. The minimum Gasteiger partial charge on any atom is -0.353 e. The number of amides is 1. The Balaban J connectivity index is 1.57. The van der Waals surface area contributed by atoms with E-state index in [1.165, 1.54) is 0 Å². The molecule has 0 bridgehead atoms. The molecule has 2 unspecified atom stereocenters. The third-order valence-corrected chi connectivity index (χ3v) is 7.14. The first kappa shape index (κ1) is 19.3. The van der Waals surface area contributed by atoms with E-state index in [1.54, 1.807) is 28.6 Å². The third kappa shape index (κ3) is 4.84. The zero-order chi connectivity index (χ0) is 18.6. The fourth-order valence-corrected chi connectivity index (χ4v) is 5.28. The highest BCUT2D eigenvalue weighted by atomic mass is 32.2. The number of benzene rings is 1. The van der Waals surface area contributed by atoms with Crippen LogP contribution in [0.4, 0.5) is 0 Å². The Labute approximate surface area is 156 Å². The molecule has 26 heavy (non-hydrogen) atoms. The molecule has 1 aromatic carbocycles. The predicted molar refractivity (Wildman–Crippen MR) is 101 cm³/mol. The van der Waals surface area contributed by atoms with Crippen LogP contribution in [0.1, 0.15) is 44.6 Å². The second-order valence-electron chi connectivity index (χ2n) is 7.43. The average molecular weight is 380 g/mol. The van der Waals surface area contributed by atoms with Crippen molar-refractivity contribution in [1.29, 1.82) is 0 Å². The molecule has 1 amide bonds. The van der Waals surface area contributed by atoms with E-state index in [0.29, 0.717) is 24.0 Å². The van der Waals surface area contributed by atoms with Crippen molar-refractivity contribution in [2.75, 3.05) is 19.6 Å². The number of carbonyl (C=O) groups excluding carboxylic acids is 1. The lowest BCUT2D eigenvalue weighted by Crippen LogP contribution is -2.46. The van der Waals surface area contributed by atoms with E-state index in [1.807, 2.05) is 0 Å². The molecule has 0 saturated carbocycles. The van der Waals surface area contributed by atoms with Crippen LogP contribution >= 0.6 is 0 Å². The molecule has 1 aromatic rings. The van der Waals surface area contributed by atoms with Crippen LogP contribution in [0.15, 0.2) is 29.2 Å². The highest BCUT2D eigenvalue weighted by Crippen LogP contribution is 2.21. The molecule has 144 valence electrons. The molecular formula is C19H29N3O3S. The monoisotopic (exact) mass is 379 g/mol. The van der Waals surface area contributed by atoms with Crippen LogP contribution in [-0.2, 0) is 21.2 Å². The number of carbonyl (C=O) groups is 1. The summed E-state index contributed by atoms with van der Waals surface area (Å²) >= 11 is 0. The number of rotatable bonds is 5. The van der Waals surface area contributed by atoms with E-state index in [4.69, 9.17) is 0 Å². The van der Waals surface area contributed by atoms with Crippen LogP contribution in [0.5, 0.6) is 0 Å². The molecule has 0 aromatic heterocycles. The van der Waals surface area contributed by atoms with Crippen LogP contribution in [0.2, 0.25) is 0 Å². The summed E-state index contributed by atoms with van der Waals surface area (Å²) in [6, 6.07) is 7.40. The molecule has 2 aliphatic rings. The first-order valence-electron chi connectivity index (χ1n) is 9.57. The fraction of sp³-hybridized carbons (Fsp3) is 0.632. The maximum Gasteiger partial charge on any atom is 0.243 e. The zero-order valence-corrected chi connectivity index (χ0v) is 16.2. The van der Waals surface area contributed by atoms with Crippen LogP contribution < -0.4 is 10.6 Å². The predicted octanol–water partition coefficient (Wildman–Crippen LogP) is 1.66. The van der Waals surface area contributed by atoms with E-state index in [2.05, 4.69) is 17.6 Å². The standard InChI is InChI=1S/C19H29N3O3S/c1-15-13-17(9-10-20-15)21-19(23)14-16-5-7-18(8-6-16)26(24,25)22-11-3-2-4-12-22/h5-8,15,17,20H,2-4,9-14H2,1H3,(H,21,23). The SMILES string of the molecule is CC1CC(NC(=O)Cc2ccc(S(=O)(=O)N3CCCCC3)cc2)CCN1. The van der Waals surface area contributed by atoms with Crippen LogP contribution in [0.25, 0.3) is 0 Å². The Kier molecular flexibility index (Phi) is 6.32. The summed E-state index contributed by atoms with van der Waals surface area (Å²) in [5.41, 5.74) is 0.835. The van der Waals surface area contributed by atoms with Gasteiger partial charge in [-0.25, -0.2) is 8.42 Å². The van der Waals surface area contributed by atoms with Gasteiger partial charge in [0.1, 0.15) is 0 Å². The Morgan fingerprint density at radius 1 is 1.19 bits per heavy atom. The number of sulfonamides is 1. The lowest BCUT2D eigenvalue weighted by molar-refractivity contribution is -0.121. The first-order valence-corrected chi connectivity index (χ1v) is 11.0. The number of hydrogen-bond donors (Lipinski definition) is 2. The minimum atomic E-state index is -3.41. The summed E-state index contributed by atoms with van der Waals surface area (Å²) in [6.07, 6.45) is 5.11. The van der Waals surface area contributed by atoms with Crippen molar-refractivity contribution in [2.24, 2.45) is 0 Å². The molecule has 0 spiro atoms. The van der Waals surface area contributed by atoms with Crippen molar-refractivity contribution >= 4 is 15.9 Å². The molecule has 7 heteroatoms. The van der Waals surface area contributed by atoms with Gasteiger partial charge in [-0.1, -0.05) is 18.6 Å². The molecule has 2 aliphatic heterocycles. The van der Waals surface area contributed by atoms with Gasteiger partial charge in [-0.05, 0) is 56.8 Å². The third-order valence-electron chi connectivity index (χ3n) is 5.23. The highest BCUT2D eigenvalue weighted by Gasteiger charge is 2.26. The fourth-order valence-electron chi connectivity index (χ4n) is 3.76. The molecule has 2 atom stereocenters. The molecule has 2 fully saturated rings. The summed E-state index contributed by atoms with van der Waals surface area (Å²) in [7, 11) is -3.41. The molecular weight excluding hydrogens is 350 g/mol. The first-order chi connectivity index (χ1) is 12.4. The van der Waals surface area contributed by atoms with E-state index in [-0.39, 0.29) is 18.4 Å². The van der Waals surface area contributed by atoms with Crippen molar-refractivity contribution in [1.82, 2.24) is 14.9 Å². The van der Waals surface area contributed by atoms with Gasteiger partial charge < -0.3 is 10.6 Å². The van der Waals surface area contributed by atoms with Gasteiger partial charge in [-0.15, -0.1) is 0 Å². The smallest absolute Gasteiger partial charge is 0.243 e. The van der Waals surface area contributed by atoms with Crippen molar-refractivity contribution in [2.45, 2.75) is 62.4 Å². The quantitative estimate of drug-likeness (QED) is 0.816. The van der Waals surface area contributed by atoms with Crippen molar-refractivity contribution in [3.8, 4) is 0 Å². The van der Waals surface area contributed by atoms with Gasteiger partial charge in [0, 0.05) is 25.2 Å². The molecule has 2 N–H and O–H groups in total. The molecule has 2 saturated heterocycles. The highest BCUT2D eigenvalue weighted by molar-refractivity contribution is 7.89. The molecule has 2 heterocycles. The van der Waals surface area contributed by atoms with E-state index < -0.39 is 10.0 Å². The van der Waals surface area contributed by atoms with Gasteiger partial charge in [0.05, 0.1) is 11.3 Å². The molecule has 3 rings (SSSR count). The van der Waals surface area contributed by atoms with Crippen LogP contribution in [-0.4, -0.2) is 50.3 Å². The van der Waals surface area contributed by atoms with Crippen LogP contribution in [0, 0.1) is 0 Å². The Morgan fingerprint density at radius 3 is 2.54 bits per heavy atom. The van der Waals surface area contributed by atoms with Crippen molar-refractivity contribution < 1.29 is 13.2 Å². The number of nitrogens with zero attached hydrogens (tertiary/aromatic N) is 1. The van der Waals surface area contributed by atoms with E-state index >= 15 is 0 Å². The largest absolute Gasteiger partial charge is 0.353 e. The number of nitrogens with one attached hydrogen (secondary N) is 2. The Morgan fingerprint density at radius 2 is 1.88 bits per heavy atom. The number of piperidine rings is 2. The van der Waals surface area contributed by atoms with Gasteiger partial charge in [-0.2, -0.15) is 4.31 Å². The topological polar surface area (TPSA) is 78.5 Å². The number of hydrogen-bond acceptors (Lipinski definition) is 4. The maximum absolute atomic E-state index is 12.7. The Hall–Kier alpha value is -1.44.